The first-order valence-corrected chi connectivity index (χ1v) is 6.82. The van der Waals surface area contributed by atoms with Gasteiger partial charge in [0.05, 0.1) is 11.6 Å². The van der Waals surface area contributed by atoms with Crippen LogP contribution in [-0.4, -0.2) is 26.8 Å². The molecule has 0 amide bonds. The van der Waals surface area contributed by atoms with Crippen molar-refractivity contribution in [1.82, 2.24) is 20.2 Å². The molecule has 0 bridgehead atoms. The molecule has 1 N–H and O–H groups in total. The maximum atomic E-state index is 5.12. The number of anilines is 1. The van der Waals surface area contributed by atoms with Crippen molar-refractivity contribution < 1.29 is 60.5 Å². The molecule has 7 nitrogen and oxygen atoms in total. The number of nitrogens with zero attached hydrogens (tertiary/aromatic N) is 4. The fraction of sp³-hybridized carbons (Fsp3) is 0.333. The molecule has 3 aromatic rings. The molecule has 1 unspecified atom stereocenters. The van der Waals surface area contributed by atoms with Gasteiger partial charge in [-0.1, -0.05) is 22.8 Å². The molecule has 0 spiro atoms. The van der Waals surface area contributed by atoms with Gasteiger partial charge in [0.2, 0.25) is 4.77 Å². The Balaban J connectivity index is 0.00000132. The zero-order valence-electron chi connectivity index (χ0n) is 11.5. The Morgan fingerprint density at radius 2 is 2.14 bits per heavy atom. The van der Waals surface area contributed by atoms with Gasteiger partial charge in [-0.25, -0.2) is 4.68 Å². The number of H-pyrrole nitrogens is 1. The van der Waals surface area contributed by atoms with Crippen molar-refractivity contribution in [3.8, 4) is 5.69 Å². The fourth-order valence-electron chi connectivity index (χ4n) is 2.63. The standard InChI is InChI=1S/C12H12N5O2S.K/c20-12-13-14-15-17(12)9-4-1-3-8(7-9)16-6-2-5-10(16)11-18-19-11;/h1,3-4,7,10H,2,5-6H2,(H,13,15,20);/q-1;+1. The predicted molar refractivity (Wildman–Crippen MR) is 72.4 cm³/mol. The fourth-order valence-corrected chi connectivity index (χ4v) is 2.82. The summed E-state index contributed by atoms with van der Waals surface area (Å²) < 4.78 is 11.9. The second kappa shape index (κ2) is 6.27. The third-order valence-electron chi connectivity index (χ3n) is 3.60. The summed E-state index contributed by atoms with van der Waals surface area (Å²) in [6, 6.07) is 8.27. The number of rotatable bonds is 3. The van der Waals surface area contributed by atoms with E-state index in [9.17, 15) is 0 Å². The van der Waals surface area contributed by atoms with Crippen LogP contribution in [0.2, 0.25) is 0 Å². The average Bonchev–Trinajstić information content (AvgIpc) is 3.04. The number of nitrogens with one attached hydrogen (secondary N) is 1. The van der Waals surface area contributed by atoms with E-state index < -0.39 is 0 Å². The van der Waals surface area contributed by atoms with Gasteiger partial charge in [0, 0.05) is 12.2 Å². The van der Waals surface area contributed by atoms with E-state index in [-0.39, 0.29) is 57.4 Å². The van der Waals surface area contributed by atoms with Crippen LogP contribution in [0.3, 0.4) is 0 Å². The van der Waals surface area contributed by atoms with Gasteiger partial charge in [-0.2, -0.15) is 5.21 Å². The number of aromatic nitrogens is 4. The van der Waals surface area contributed by atoms with E-state index in [2.05, 4.69) is 32.6 Å². The molecule has 1 fully saturated rings. The second-order valence-electron chi connectivity index (χ2n) is 4.77. The minimum absolute atomic E-state index is 0. The van der Waals surface area contributed by atoms with E-state index in [0.717, 1.165) is 30.8 Å². The molecule has 0 saturated carbocycles. The summed E-state index contributed by atoms with van der Waals surface area (Å²) in [4.78, 5) is 2.28. The molecular weight excluding hydrogens is 317 g/mol. The van der Waals surface area contributed by atoms with E-state index in [4.69, 9.17) is 21.4 Å². The molecule has 1 aliphatic rings. The SMILES string of the molecule is S=c1nn[nH]n1-c1cccc(N2CCCC2[c-]2oo2)c1.[K+]. The largest absolute Gasteiger partial charge is 1.00 e. The van der Waals surface area contributed by atoms with Crippen molar-refractivity contribution in [3.63, 3.8) is 0 Å². The summed E-state index contributed by atoms with van der Waals surface area (Å²) in [5.74, 6) is 0.715. The molecule has 1 aliphatic heterocycles. The zero-order valence-corrected chi connectivity index (χ0v) is 15.5. The maximum absolute atomic E-state index is 5.12. The van der Waals surface area contributed by atoms with Gasteiger partial charge in [0.25, 0.3) is 0 Å². The van der Waals surface area contributed by atoms with Crippen LogP contribution in [0.1, 0.15) is 24.8 Å². The van der Waals surface area contributed by atoms with E-state index in [1.165, 1.54) is 0 Å². The van der Waals surface area contributed by atoms with Crippen LogP contribution in [0.15, 0.2) is 33.4 Å². The van der Waals surface area contributed by atoms with Gasteiger partial charge in [0.1, 0.15) is 0 Å². The van der Waals surface area contributed by atoms with E-state index in [0.29, 0.717) is 10.7 Å². The molecule has 21 heavy (non-hydrogen) atoms. The molecule has 1 aromatic carbocycles. The summed E-state index contributed by atoms with van der Waals surface area (Å²) >= 11 is 5.12. The second-order valence-corrected chi connectivity index (χ2v) is 5.14. The van der Waals surface area contributed by atoms with Gasteiger partial charge < -0.3 is 14.1 Å². The van der Waals surface area contributed by atoms with Crippen LogP contribution in [0.25, 0.3) is 5.69 Å². The number of hydrogen-bond donors (Lipinski definition) is 1. The van der Waals surface area contributed by atoms with E-state index >= 15 is 0 Å². The first-order valence-electron chi connectivity index (χ1n) is 6.41. The van der Waals surface area contributed by atoms with Crippen LogP contribution in [-0.2, 0) is 0 Å². The van der Waals surface area contributed by atoms with Gasteiger partial charge in [-0.05, 0) is 42.9 Å². The molecule has 1 saturated heterocycles. The smallest absolute Gasteiger partial charge is 0.465 e. The summed E-state index contributed by atoms with van der Waals surface area (Å²) in [7, 11) is 0. The zero-order chi connectivity index (χ0) is 13.5. The molecule has 1 atom stereocenters. The monoisotopic (exact) mass is 329 g/mol. The van der Waals surface area contributed by atoms with Crippen molar-refractivity contribution in [2.75, 3.05) is 11.4 Å². The molecule has 2 aromatic heterocycles. The Bertz CT molecular complexity index is 761. The minimum atomic E-state index is 0. The van der Waals surface area contributed by atoms with Crippen molar-refractivity contribution in [3.05, 3.63) is 35.0 Å². The first kappa shape index (κ1) is 15.3. The molecule has 4 rings (SSSR count). The summed E-state index contributed by atoms with van der Waals surface area (Å²) in [5, 5.41) is 10.3. The van der Waals surface area contributed by atoms with E-state index in [1.54, 1.807) is 4.68 Å². The van der Waals surface area contributed by atoms with Gasteiger partial charge in [0.15, 0.2) is 0 Å². The van der Waals surface area contributed by atoms with E-state index in [1.807, 2.05) is 12.1 Å². The number of aromatic amines is 1. The van der Waals surface area contributed by atoms with Gasteiger partial charge in [-0.3, -0.25) is 0 Å². The summed E-state index contributed by atoms with van der Waals surface area (Å²) in [6.07, 6.45) is 2.17. The Morgan fingerprint density at radius 3 is 2.86 bits per heavy atom. The molecular formula is C12H12KN5O2S. The molecule has 0 aliphatic carbocycles. The normalized spacial score (nSPS) is 18.1. The Morgan fingerprint density at radius 1 is 1.33 bits per heavy atom. The van der Waals surface area contributed by atoms with Crippen molar-refractivity contribution in [1.29, 1.82) is 0 Å². The van der Waals surface area contributed by atoms with Crippen molar-refractivity contribution in [2.24, 2.45) is 0 Å². The van der Waals surface area contributed by atoms with Crippen LogP contribution in [0.4, 0.5) is 5.69 Å². The molecule has 0 radical (unpaired) electrons. The predicted octanol–water partition coefficient (Wildman–Crippen LogP) is -0.425. The molecule has 9 heteroatoms. The number of benzene rings is 1. The van der Waals surface area contributed by atoms with Crippen molar-refractivity contribution >= 4 is 17.9 Å². The topological polar surface area (TPSA) is 76.0 Å². The molecule has 3 heterocycles. The Labute approximate surface area is 168 Å². The van der Waals surface area contributed by atoms with Crippen LogP contribution < -0.4 is 56.3 Å². The van der Waals surface area contributed by atoms with Crippen LogP contribution >= 0.6 is 12.2 Å². The third kappa shape index (κ3) is 2.99. The third-order valence-corrected chi connectivity index (χ3v) is 3.86. The quantitative estimate of drug-likeness (QED) is 0.304. The minimum Gasteiger partial charge on any atom is -0.465 e. The maximum Gasteiger partial charge on any atom is 1.00 e. The van der Waals surface area contributed by atoms with Crippen molar-refractivity contribution in [2.45, 2.75) is 18.9 Å². The van der Waals surface area contributed by atoms with Crippen LogP contribution in [0.5, 0.6) is 0 Å². The summed E-state index contributed by atoms with van der Waals surface area (Å²) in [5.41, 5.74) is 2.01. The van der Waals surface area contributed by atoms with Crippen LogP contribution in [0, 0.1) is 4.77 Å². The number of tetrazole rings is 1. The molecule has 104 valence electrons. The average molecular weight is 329 g/mol. The number of hydrogen-bond acceptors (Lipinski definition) is 6. The Kier molecular flexibility index (Phi) is 4.57. The van der Waals surface area contributed by atoms with Gasteiger partial charge >= 0.3 is 51.4 Å². The summed E-state index contributed by atoms with van der Waals surface area (Å²) in [6.45, 7) is 0.983. The Hall–Kier alpha value is -0.584. The first-order chi connectivity index (χ1) is 9.83. The van der Waals surface area contributed by atoms with Gasteiger partial charge in [-0.15, -0.1) is 0 Å².